The number of carboxylic acid groups (broad SMARTS) is 1. The minimum absolute atomic E-state index is 0.282. The van der Waals surface area contributed by atoms with Crippen LogP contribution in [0.5, 0.6) is 0 Å². The number of carbonyl (C=O) groups is 2. The summed E-state index contributed by atoms with van der Waals surface area (Å²) < 4.78 is 25.6. The summed E-state index contributed by atoms with van der Waals surface area (Å²) in [5, 5.41) is 17.3. The Kier molecular flexibility index (Phi) is 3.70. The Labute approximate surface area is 79.5 Å². The molecule has 0 rings (SSSR count). The van der Waals surface area contributed by atoms with E-state index in [-0.39, 0.29) is 12.2 Å². The summed E-state index contributed by atoms with van der Waals surface area (Å²) in [6.45, 7) is 1.87. The normalized spacial score (nSPS) is 16.1. The number of alkyl halides is 2. The quantitative estimate of drug-likeness (QED) is 0.704. The van der Waals surface area contributed by atoms with Crippen LogP contribution in [-0.4, -0.2) is 33.5 Å². The van der Waals surface area contributed by atoms with Gasteiger partial charge in [0.05, 0.1) is 0 Å². The Hall–Kier alpha value is -1.04. The van der Waals surface area contributed by atoms with E-state index < -0.39 is 23.9 Å². The van der Waals surface area contributed by atoms with E-state index in [9.17, 15) is 23.5 Å². The average molecular weight is 210 g/mol. The first kappa shape index (κ1) is 13.0. The van der Waals surface area contributed by atoms with Gasteiger partial charge in [0.1, 0.15) is 11.4 Å². The highest BCUT2D eigenvalue weighted by Crippen LogP contribution is 2.32. The Balaban J connectivity index is 4.59. The monoisotopic (exact) mass is 210 g/mol. The van der Waals surface area contributed by atoms with Gasteiger partial charge in [0.2, 0.25) is 0 Å². The van der Waals surface area contributed by atoms with E-state index in [2.05, 4.69) is 0 Å². The van der Waals surface area contributed by atoms with Gasteiger partial charge >= 0.3 is 11.9 Å². The molecule has 0 fully saturated rings. The van der Waals surface area contributed by atoms with Gasteiger partial charge in [-0.15, -0.1) is 0 Å². The summed E-state index contributed by atoms with van der Waals surface area (Å²) in [5.74, 6) is -7.03. The highest BCUT2D eigenvalue weighted by atomic mass is 19.3. The lowest BCUT2D eigenvalue weighted by Gasteiger charge is -2.28. The molecule has 0 saturated heterocycles. The minimum Gasteiger partial charge on any atom is -0.477 e. The standard InChI is InChI=1S/C8H12F2O4/c1-5(11)3-4-7(2,14)8(9,10)6(12)13/h14H,3-4H2,1-2H3,(H,12,13). The number of aliphatic carboxylic acids is 1. The number of Topliss-reactive ketones (excluding diaryl/α,β-unsaturated/α-hetero) is 1. The maximum Gasteiger partial charge on any atom is 0.377 e. The number of hydrogen-bond donors (Lipinski definition) is 2. The van der Waals surface area contributed by atoms with Gasteiger partial charge in [-0.1, -0.05) is 0 Å². The van der Waals surface area contributed by atoms with Crippen molar-refractivity contribution in [1.82, 2.24) is 0 Å². The second-order valence-corrected chi connectivity index (χ2v) is 3.36. The first-order valence-electron chi connectivity index (χ1n) is 3.94. The molecule has 0 saturated carbocycles. The van der Waals surface area contributed by atoms with Crippen molar-refractivity contribution in [3.63, 3.8) is 0 Å². The van der Waals surface area contributed by atoms with Gasteiger partial charge in [0.25, 0.3) is 0 Å². The van der Waals surface area contributed by atoms with Crippen LogP contribution in [0.25, 0.3) is 0 Å². The Morgan fingerprint density at radius 2 is 1.79 bits per heavy atom. The molecule has 0 spiro atoms. The van der Waals surface area contributed by atoms with Crippen molar-refractivity contribution < 1.29 is 28.6 Å². The third-order valence-corrected chi connectivity index (χ3v) is 1.91. The lowest BCUT2D eigenvalue weighted by molar-refractivity contribution is -0.205. The van der Waals surface area contributed by atoms with Crippen LogP contribution in [0.15, 0.2) is 0 Å². The first-order valence-corrected chi connectivity index (χ1v) is 3.94. The van der Waals surface area contributed by atoms with Gasteiger partial charge in [-0.05, 0) is 20.3 Å². The van der Waals surface area contributed by atoms with Crippen molar-refractivity contribution >= 4 is 11.8 Å². The van der Waals surface area contributed by atoms with Crippen molar-refractivity contribution in [2.45, 2.75) is 38.2 Å². The highest BCUT2D eigenvalue weighted by Gasteiger charge is 2.55. The average Bonchev–Trinajstić information content (AvgIpc) is 2.00. The molecular formula is C8H12F2O4. The van der Waals surface area contributed by atoms with E-state index in [0.717, 1.165) is 0 Å². The predicted molar refractivity (Wildman–Crippen MR) is 43.1 cm³/mol. The molecule has 0 aliphatic heterocycles. The fraction of sp³-hybridized carbons (Fsp3) is 0.750. The molecule has 82 valence electrons. The molecule has 0 aromatic heterocycles. The number of ketones is 1. The van der Waals surface area contributed by atoms with Crippen LogP contribution in [0.3, 0.4) is 0 Å². The minimum atomic E-state index is -4.25. The van der Waals surface area contributed by atoms with Crippen molar-refractivity contribution in [3.05, 3.63) is 0 Å². The summed E-state index contributed by atoms with van der Waals surface area (Å²) >= 11 is 0. The van der Waals surface area contributed by atoms with Gasteiger partial charge < -0.3 is 15.0 Å². The van der Waals surface area contributed by atoms with Crippen LogP contribution >= 0.6 is 0 Å². The second-order valence-electron chi connectivity index (χ2n) is 3.36. The van der Waals surface area contributed by atoms with Crippen LogP contribution in [0.4, 0.5) is 8.78 Å². The van der Waals surface area contributed by atoms with Gasteiger partial charge in [-0.25, -0.2) is 4.79 Å². The molecular weight excluding hydrogens is 198 g/mol. The summed E-state index contributed by atoms with van der Waals surface area (Å²) in [6.07, 6.45) is -0.864. The molecule has 14 heavy (non-hydrogen) atoms. The third-order valence-electron chi connectivity index (χ3n) is 1.91. The molecule has 0 aliphatic rings. The molecule has 0 aromatic rings. The fourth-order valence-electron chi connectivity index (χ4n) is 0.807. The van der Waals surface area contributed by atoms with Crippen molar-refractivity contribution in [2.24, 2.45) is 0 Å². The Bertz CT molecular complexity index is 248. The van der Waals surface area contributed by atoms with Gasteiger partial charge in [0, 0.05) is 6.42 Å². The van der Waals surface area contributed by atoms with Crippen LogP contribution in [-0.2, 0) is 9.59 Å². The number of carbonyl (C=O) groups excluding carboxylic acids is 1. The van der Waals surface area contributed by atoms with Crippen LogP contribution in [0.2, 0.25) is 0 Å². The van der Waals surface area contributed by atoms with Crippen LogP contribution in [0.1, 0.15) is 26.7 Å². The number of hydrogen-bond acceptors (Lipinski definition) is 3. The highest BCUT2D eigenvalue weighted by molar-refractivity contribution is 5.78. The zero-order chi connectivity index (χ0) is 11.6. The molecule has 0 aromatic carbocycles. The lowest BCUT2D eigenvalue weighted by Crippen LogP contribution is -2.51. The van der Waals surface area contributed by atoms with Crippen molar-refractivity contribution in [3.8, 4) is 0 Å². The molecule has 1 atom stereocenters. The largest absolute Gasteiger partial charge is 0.477 e. The molecule has 0 amide bonds. The van der Waals surface area contributed by atoms with E-state index in [1.54, 1.807) is 0 Å². The Morgan fingerprint density at radius 3 is 2.07 bits per heavy atom. The van der Waals surface area contributed by atoms with E-state index in [4.69, 9.17) is 5.11 Å². The van der Waals surface area contributed by atoms with E-state index in [1.165, 1.54) is 6.92 Å². The van der Waals surface area contributed by atoms with Crippen LogP contribution < -0.4 is 0 Å². The number of carboxylic acids is 1. The molecule has 0 heterocycles. The maximum atomic E-state index is 12.8. The number of rotatable bonds is 5. The number of aliphatic hydroxyl groups is 1. The number of halogens is 2. The summed E-state index contributed by atoms with van der Waals surface area (Å²) in [5.41, 5.74) is -2.70. The Morgan fingerprint density at radius 1 is 1.36 bits per heavy atom. The SMILES string of the molecule is CC(=O)CCC(C)(O)C(F)(F)C(=O)O. The molecule has 4 nitrogen and oxygen atoms in total. The lowest BCUT2D eigenvalue weighted by atomic mass is 9.91. The van der Waals surface area contributed by atoms with Gasteiger partial charge in [-0.2, -0.15) is 8.78 Å². The molecule has 2 N–H and O–H groups in total. The second kappa shape index (κ2) is 4.00. The zero-order valence-corrected chi connectivity index (χ0v) is 7.88. The van der Waals surface area contributed by atoms with Crippen LogP contribution in [0, 0.1) is 0 Å². The van der Waals surface area contributed by atoms with E-state index in [1.807, 2.05) is 0 Å². The van der Waals surface area contributed by atoms with Crippen molar-refractivity contribution in [2.75, 3.05) is 0 Å². The molecule has 1 unspecified atom stereocenters. The van der Waals surface area contributed by atoms with Crippen molar-refractivity contribution in [1.29, 1.82) is 0 Å². The topological polar surface area (TPSA) is 74.6 Å². The van der Waals surface area contributed by atoms with Gasteiger partial charge in [-0.3, -0.25) is 0 Å². The van der Waals surface area contributed by atoms with E-state index >= 15 is 0 Å². The third kappa shape index (κ3) is 2.73. The molecule has 0 radical (unpaired) electrons. The summed E-state index contributed by atoms with van der Waals surface area (Å²) in [7, 11) is 0. The summed E-state index contributed by atoms with van der Waals surface area (Å²) in [4.78, 5) is 20.6. The van der Waals surface area contributed by atoms with E-state index in [0.29, 0.717) is 6.92 Å². The first-order chi connectivity index (χ1) is 6.11. The fourth-order valence-corrected chi connectivity index (χ4v) is 0.807. The maximum absolute atomic E-state index is 12.8. The summed E-state index contributed by atoms with van der Waals surface area (Å²) in [6, 6.07) is 0. The van der Waals surface area contributed by atoms with Gasteiger partial charge in [0.15, 0.2) is 0 Å². The molecule has 6 heteroatoms. The zero-order valence-electron chi connectivity index (χ0n) is 7.88. The molecule has 0 bridgehead atoms. The predicted octanol–water partition coefficient (Wildman–Crippen LogP) is 0.827. The molecule has 0 aliphatic carbocycles. The smallest absolute Gasteiger partial charge is 0.377 e.